The first-order valence-corrected chi connectivity index (χ1v) is 8.85. The molecule has 3 heterocycles. The Morgan fingerprint density at radius 1 is 1.12 bits per heavy atom. The lowest BCUT2D eigenvalue weighted by atomic mass is 9.92. The van der Waals surface area contributed by atoms with E-state index in [2.05, 4.69) is 14.9 Å². The van der Waals surface area contributed by atoms with E-state index in [4.69, 9.17) is 0 Å². The molecule has 0 radical (unpaired) electrons. The molecule has 0 amide bonds. The maximum Gasteiger partial charge on any atom is 0.308 e. The number of carboxylic acid groups (broad SMARTS) is 1. The lowest BCUT2D eigenvalue weighted by Gasteiger charge is -2.31. The molecule has 7 nitrogen and oxygen atoms in total. The van der Waals surface area contributed by atoms with E-state index in [0.29, 0.717) is 18.4 Å². The first-order valence-electron chi connectivity index (χ1n) is 8.85. The number of aliphatic hydroxyl groups excluding tert-OH is 1. The van der Waals surface area contributed by atoms with E-state index in [1.165, 1.54) is 0 Å². The van der Waals surface area contributed by atoms with Gasteiger partial charge in [0.25, 0.3) is 0 Å². The molecular weight excluding hydrogens is 308 g/mol. The van der Waals surface area contributed by atoms with Gasteiger partial charge in [0.15, 0.2) is 0 Å². The summed E-state index contributed by atoms with van der Waals surface area (Å²) in [6.07, 6.45) is 5.36. The molecule has 3 fully saturated rings. The SMILES string of the molecule is O=C(O)[C@@H]1CN(c2nccc(N3CCC(O)CC3)n2)C[C@H]1C1CC1. The minimum absolute atomic E-state index is 0.211. The summed E-state index contributed by atoms with van der Waals surface area (Å²) in [6, 6.07) is 1.89. The van der Waals surface area contributed by atoms with E-state index in [1.54, 1.807) is 6.20 Å². The van der Waals surface area contributed by atoms with Gasteiger partial charge in [-0.25, -0.2) is 4.98 Å². The molecule has 0 unspecified atom stereocenters. The average Bonchev–Trinajstić information content (AvgIpc) is 3.33. The van der Waals surface area contributed by atoms with Gasteiger partial charge in [0.2, 0.25) is 5.95 Å². The number of aromatic nitrogens is 2. The van der Waals surface area contributed by atoms with Crippen LogP contribution in [0.25, 0.3) is 0 Å². The van der Waals surface area contributed by atoms with E-state index in [9.17, 15) is 15.0 Å². The van der Waals surface area contributed by atoms with Crippen molar-refractivity contribution in [3.8, 4) is 0 Å². The van der Waals surface area contributed by atoms with Crippen LogP contribution in [0.3, 0.4) is 0 Å². The molecule has 4 rings (SSSR count). The van der Waals surface area contributed by atoms with E-state index in [1.807, 2.05) is 11.0 Å². The van der Waals surface area contributed by atoms with Gasteiger partial charge in [-0.1, -0.05) is 0 Å². The zero-order valence-electron chi connectivity index (χ0n) is 13.7. The summed E-state index contributed by atoms with van der Waals surface area (Å²) in [5.74, 6) is 1.27. The van der Waals surface area contributed by atoms with Crippen molar-refractivity contribution in [1.29, 1.82) is 0 Å². The third-order valence-electron chi connectivity index (χ3n) is 5.61. The van der Waals surface area contributed by atoms with E-state index >= 15 is 0 Å². The predicted molar refractivity (Wildman–Crippen MR) is 89.0 cm³/mol. The minimum atomic E-state index is -0.699. The van der Waals surface area contributed by atoms with Crippen LogP contribution in [-0.4, -0.2) is 58.4 Å². The second-order valence-electron chi connectivity index (χ2n) is 7.28. The van der Waals surface area contributed by atoms with Crippen molar-refractivity contribution in [2.45, 2.75) is 31.8 Å². The smallest absolute Gasteiger partial charge is 0.308 e. The van der Waals surface area contributed by atoms with Gasteiger partial charge in [-0.2, -0.15) is 4.98 Å². The quantitative estimate of drug-likeness (QED) is 0.849. The number of aliphatic carboxylic acids is 1. The van der Waals surface area contributed by atoms with Crippen LogP contribution in [0.1, 0.15) is 25.7 Å². The van der Waals surface area contributed by atoms with Crippen LogP contribution in [0.2, 0.25) is 0 Å². The van der Waals surface area contributed by atoms with Crippen molar-refractivity contribution in [2.24, 2.45) is 17.8 Å². The molecule has 1 aromatic rings. The fourth-order valence-electron chi connectivity index (χ4n) is 4.02. The molecule has 24 heavy (non-hydrogen) atoms. The first-order chi connectivity index (χ1) is 11.6. The second-order valence-corrected chi connectivity index (χ2v) is 7.28. The topological polar surface area (TPSA) is 89.8 Å². The lowest BCUT2D eigenvalue weighted by molar-refractivity contribution is -0.142. The molecule has 0 aromatic carbocycles. The summed E-state index contributed by atoms with van der Waals surface area (Å²) in [7, 11) is 0. The highest BCUT2D eigenvalue weighted by molar-refractivity contribution is 5.72. The van der Waals surface area contributed by atoms with Gasteiger partial charge < -0.3 is 20.0 Å². The number of hydrogen-bond donors (Lipinski definition) is 2. The van der Waals surface area contributed by atoms with Gasteiger partial charge in [-0.05, 0) is 43.6 Å². The molecule has 2 atom stereocenters. The Morgan fingerprint density at radius 3 is 2.54 bits per heavy atom. The molecule has 1 aromatic heterocycles. The number of anilines is 2. The molecule has 1 aliphatic carbocycles. The molecule has 1 saturated carbocycles. The summed E-state index contributed by atoms with van der Waals surface area (Å²) in [4.78, 5) is 24.8. The van der Waals surface area contributed by atoms with Crippen molar-refractivity contribution in [1.82, 2.24) is 9.97 Å². The highest BCUT2D eigenvalue weighted by atomic mass is 16.4. The highest BCUT2D eigenvalue weighted by Crippen LogP contribution is 2.44. The van der Waals surface area contributed by atoms with Crippen LogP contribution in [0.5, 0.6) is 0 Å². The zero-order chi connectivity index (χ0) is 16.7. The van der Waals surface area contributed by atoms with Gasteiger partial charge in [0.05, 0.1) is 12.0 Å². The number of piperidine rings is 1. The zero-order valence-corrected chi connectivity index (χ0v) is 13.7. The molecule has 3 aliphatic rings. The standard InChI is InChI=1S/C17H24N4O3/c22-12-4-7-20(8-5-12)15-3-6-18-17(19-15)21-9-13(11-1-2-11)14(10-21)16(23)24/h3,6,11-14,22H,1-2,4-5,7-10H2,(H,23,24)/t13-,14+/m0/s1. The van der Waals surface area contributed by atoms with Crippen molar-refractivity contribution in [3.63, 3.8) is 0 Å². The minimum Gasteiger partial charge on any atom is -0.481 e. The molecular formula is C17H24N4O3. The third-order valence-corrected chi connectivity index (χ3v) is 5.61. The summed E-state index contributed by atoms with van der Waals surface area (Å²) in [5, 5.41) is 19.2. The third kappa shape index (κ3) is 3.05. The van der Waals surface area contributed by atoms with Gasteiger partial charge in [-0.3, -0.25) is 4.79 Å². The molecule has 0 bridgehead atoms. The Labute approximate surface area is 141 Å². The Bertz CT molecular complexity index is 614. The summed E-state index contributed by atoms with van der Waals surface area (Å²) < 4.78 is 0. The summed E-state index contributed by atoms with van der Waals surface area (Å²) in [6.45, 7) is 2.82. The molecule has 2 N–H and O–H groups in total. The van der Waals surface area contributed by atoms with E-state index in [0.717, 1.165) is 51.1 Å². The van der Waals surface area contributed by atoms with Crippen molar-refractivity contribution >= 4 is 17.7 Å². The van der Waals surface area contributed by atoms with E-state index in [-0.39, 0.29) is 17.9 Å². The van der Waals surface area contributed by atoms with Crippen LogP contribution >= 0.6 is 0 Å². The number of rotatable bonds is 4. The fraction of sp³-hybridized carbons (Fsp3) is 0.706. The second kappa shape index (κ2) is 6.20. The molecule has 7 heteroatoms. The average molecular weight is 332 g/mol. The van der Waals surface area contributed by atoms with Crippen LogP contribution in [-0.2, 0) is 4.79 Å². The van der Waals surface area contributed by atoms with Gasteiger partial charge >= 0.3 is 5.97 Å². The molecule has 2 aliphatic heterocycles. The normalized spacial score (nSPS) is 28.4. The number of carbonyl (C=O) groups is 1. The Balaban J connectivity index is 1.50. The van der Waals surface area contributed by atoms with Crippen molar-refractivity contribution < 1.29 is 15.0 Å². The monoisotopic (exact) mass is 332 g/mol. The maximum atomic E-state index is 11.6. The molecule has 130 valence electrons. The maximum absolute atomic E-state index is 11.6. The van der Waals surface area contributed by atoms with Crippen molar-refractivity contribution in [2.75, 3.05) is 36.0 Å². The number of aliphatic hydroxyl groups is 1. The summed E-state index contributed by atoms with van der Waals surface area (Å²) in [5.41, 5.74) is 0. The van der Waals surface area contributed by atoms with Gasteiger partial charge in [-0.15, -0.1) is 0 Å². The fourth-order valence-corrected chi connectivity index (χ4v) is 4.02. The predicted octanol–water partition coefficient (Wildman–Crippen LogP) is 0.985. The number of nitrogens with zero attached hydrogens (tertiary/aromatic N) is 4. The summed E-state index contributed by atoms with van der Waals surface area (Å²) >= 11 is 0. The van der Waals surface area contributed by atoms with Crippen molar-refractivity contribution in [3.05, 3.63) is 12.3 Å². The van der Waals surface area contributed by atoms with Crippen LogP contribution in [0.15, 0.2) is 12.3 Å². The Hall–Kier alpha value is -1.89. The van der Waals surface area contributed by atoms with Crippen LogP contribution in [0.4, 0.5) is 11.8 Å². The Kier molecular flexibility index (Phi) is 4.04. The number of carboxylic acids is 1. The number of hydrogen-bond acceptors (Lipinski definition) is 6. The van der Waals surface area contributed by atoms with Crippen LogP contribution in [0, 0.1) is 17.8 Å². The lowest BCUT2D eigenvalue weighted by Crippen LogP contribution is -2.36. The molecule has 2 saturated heterocycles. The Morgan fingerprint density at radius 2 is 1.88 bits per heavy atom. The van der Waals surface area contributed by atoms with Gasteiger partial charge in [0.1, 0.15) is 5.82 Å². The van der Waals surface area contributed by atoms with E-state index < -0.39 is 5.97 Å². The largest absolute Gasteiger partial charge is 0.481 e. The van der Waals surface area contributed by atoms with Crippen LogP contribution < -0.4 is 9.80 Å². The first kappa shape index (κ1) is 15.6. The molecule has 0 spiro atoms. The van der Waals surface area contributed by atoms with Gasteiger partial charge in [0, 0.05) is 32.4 Å². The highest BCUT2D eigenvalue weighted by Gasteiger charge is 2.46.